The van der Waals surface area contributed by atoms with E-state index >= 15 is 0 Å². The van der Waals surface area contributed by atoms with Crippen molar-refractivity contribution in [2.24, 2.45) is 0 Å². The second-order valence-corrected chi connectivity index (χ2v) is 11.0. The van der Waals surface area contributed by atoms with Gasteiger partial charge in [0.15, 0.2) is 0 Å². The minimum Gasteiger partial charge on any atom is -0.416 e. The van der Waals surface area contributed by atoms with E-state index in [1.54, 1.807) is 24.3 Å². The Bertz CT molecular complexity index is 1900. The fourth-order valence-electron chi connectivity index (χ4n) is 5.08. The van der Waals surface area contributed by atoms with Crippen LogP contribution < -0.4 is 4.90 Å². The van der Waals surface area contributed by atoms with Gasteiger partial charge < -0.3 is 9.32 Å². The second-order valence-electron chi connectivity index (χ2n) is 9.12. The number of para-hydroxylation sites is 3. The minimum absolute atomic E-state index is 0.274. The van der Waals surface area contributed by atoms with Gasteiger partial charge in [0.1, 0.15) is 0 Å². The van der Waals surface area contributed by atoms with Crippen LogP contribution in [-0.2, 0) is 9.84 Å². The van der Waals surface area contributed by atoms with E-state index in [1.807, 2.05) is 108 Å². The van der Waals surface area contributed by atoms with E-state index in [1.165, 1.54) is 0 Å². The molecule has 1 aliphatic rings. The molecule has 188 valence electrons. The highest BCUT2D eigenvalue weighted by Gasteiger charge is 2.35. The van der Waals surface area contributed by atoms with Crippen LogP contribution in [0.2, 0.25) is 0 Å². The number of hydrogen-bond donors (Lipinski definition) is 0. The zero-order chi connectivity index (χ0) is 26.4. The first-order valence-corrected chi connectivity index (χ1v) is 13.9. The van der Waals surface area contributed by atoms with E-state index in [-0.39, 0.29) is 9.79 Å². The third kappa shape index (κ3) is 3.74. The maximum Gasteiger partial charge on any atom is 0.248 e. The summed E-state index contributed by atoms with van der Waals surface area (Å²) in [6.07, 6.45) is 0. The van der Waals surface area contributed by atoms with Crippen molar-refractivity contribution >= 4 is 26.9 Å². The fraction of sp³-hybridized carbons (Fsp3) is 0. The molecule has 7 heteroatoms. The standard InChI is InChI=1S/C32H21N3O3S/c36-39(37)29-20-10-8-18-27(29)35(28-19-9-11-21-30(28)39)26-17-7-6-15-24(26)23-14-4-5-16-25(23)32-34-33-31(38-32)22-12-2-1-3-13-22/h1-21H. The first kappa shape index (κ1) is 23.1. The van der Waals surface area contributed by atoms with Crippen molar-refractivity contribution in [1.29, 1.82) is 0 Å². The molecule has 7 rings (SSSR count). The summed E-state index contributed by atoms with van der Waals surface area (Å²) in [6.45, 7) is 0. The van der Waals surface area contributed by atoms with Crippen LogP contribution in [0.25, 0.3) is 34.0 Å². The Hall–Kier alpha value is -5.01. The summed E-state index contributed by atoms with van der Waals surface area (Å²) in [6, 6.07) is 39.7. The molecular weight excluding hydrogens is 506 g/mol. The lowest BCUT2D eigenvalue weighted by atomic mass is 9.97. The average Bonchev–Trinajstić information content (AvgIpc) is 3.49. The van der Waals surface area contributed by atoms with Crippen LogP contribution in [0.1, 0.15) is 0 Å². The third-order valence-electron chi connectivity index (χ3n) is 6.83. The van der Waals surface area contributed by atoms with Gasteiger partial charge in [-0.05, 0) is 54.1 Å². The number of benzene rings is 5. The number of anilines is 3. The lowest BCUT2D eigenvalue weighted by Gasteiger charge is -2.34. The summed E-state index contributed by atoms with van der Waals surface area (Å²) >= 11 is 0. The predicted molar refractivity (Wildman–Crippen MR) is 151 cm³/mol. The Morgan fingerprint density at radius 3 is 1.64 bits per heavy atom. The van der Waals surface area contributed by atoms with Crippen molar-refractivity contribution in [2.45, 2.75) is 9.79 Å². The fourth-order valence-corrected chi connectivity index (χ4v) is 6.70. The SMILES string of the molecule is O=S1(=O)c2ccccc2N(c2ccccc2-c2ccccc2-c2nnc(-c3ccccc3)o2)c2ccccc21. The Morgan fingerprint density at radius 2 is 0.974 bits per heavy atom. The van der Waals surface area contributed by atoms with Crippen LogP contribution in [0.3, 0.4) is 0 Å². The van der Waals surface area contributed by atoms with E-state index < -0.39 is 9.84 Å². The van der Waals surface area contributed by atoms with Crippen LogP contribution in [0.4, 0.5) is 17.1 Å². The topological polar surface area (TPSA) is 76.3 Å². The summed E-state index contributed by atoms with van der Waals surface area (Å²) in [5, 5.41) is 8.66. The van der Waals surface area contributed by atoms with Crippen molar-refractivity contribution in [2.75, 3.05) is 4.90 Å². The number of nitrogens with zero attached hydrogens (tertiary/aromatic N) is 3. The molecule has 0 saturated carbocycles. The van der Waals surface area contributed by atoms with E-state index in [2.05, 4.69) is 10.2 Å². The van der Waals surface area contributed by atoms with Gasteiger partial charge in [-0.3, -0.25) is 0 Å². The first-order valence-electron chi connectivity index (χ1n) is 12.4. The van der Waals surface area contributed by atoms with Crippen molar-refractivity contribution in [3.8, 4) is 34.0 Å². The predicted octanol–water partition coefficient (Wildman–Crippen LogP) is 7.69. The zero-order valence-corrected chi connectivity index (χ0v) is 21.4. The zero-order valence-electron chi connectivity index (χ0n) is 20.6. The second kappa shape index (κ2) is 9.08. The van der Waals surface area contributed by atoms with Gasteiger partial charge in [-0.2, -0.15) is 0 Å². The highest BCUT2D eigenvalue weighted by atomic mass is 32.2. The number of hydrogen-bond acceptors (Lipinski definition) is 6. The van der Waals surface area contributed by atoms with Gasteiger partial charge in [0.2, 0.25) is 21.6 Å². The number of aromatic nitrogens is 2. The lowest BCUT2D eigenvalue weighted by Crippen LogP contribution is -2.22. The quantitative estimate of drug-likeness (QED) is 0.234. The molecule has 1 aromatic heterocycles. The van der Waals surface area contributed by atoms with Crippen LogP contribution in [0, 0.1) is 0 Å². The molecule has 0 N–H and O–H groups in total. The molecule has 0 amide bonds. The molecule has 1 aliphatic heterocycles. The smallest absolute Gasteiger partial charge is 0.248 e. The molecule has 0 unspecified atom stereocenters. The van der Waals surface area contributed by atoms with Gasteiger partial charge in [0.05, 0.1) is 26.9 Å². The Morgan fingerprint density at radius 1 is 0.487 bits per heavy atom. The molecule has 0 saturated heterocycles. The first-order chi connectivity index (χ1) is 19.1. The van der Waals surface area contributed by atoms with Crippen LogP contribution in [0.15, 0.2) is 142 Å². The monoisotopic (exact) mass is 527 g/mol. The van der Waals surface area contributed by atoms with E-state index in [4.69, 9.17) is 4.42 Å². The van der Waals surface area contributed by atoms with Gasteiger partial charge >= 0.3 is 0 Å². The Kier molecular flexibility index (Phi) is 5.38. The normalized spacial score (nSPS) is 13.5. The Balaban J connectivity index is 1.43. The molecule has 0 aliphatic carbocycles. The van der Waals surface area contributed by atoms with E-state index in [0.717, 1.165) is 27.9 Å². The lowest BCUT2D eigenvalue weighted by molar-refractivity contribution is 0.585. The van der Waals surface area contributed by atoms with Crippen LogP contribution >= 0.6 is 0 Å². The molecule has 5 aromatic carbocycles. The van der Waals surface area contributed by atoms with Crippen LogP contribution in [0.5, 0.6) is 0 Å². The van der Waals surface area contributed by atoms with E-state index in [0.29, 0.717) is 23.2 Å². The molecule has 6 aromatic rings. The van der Waals surface area contributed by atoms with Gasteiger partial charge in [-0.1, -0.05) is 78.9 Å². The summed E-state index contributed by atoms with van der Waals surface area (Å²) < 4.78 is 33.2. The van der Waals surface area contributed by atoms with Gasteiger partial charge in [0.25, 0.3) is 0 Å². The van der Waals surface area contributed by atoms with Crippen molar-refractivity contribution in [3.05, 3.63) is 127 Å². The highest BCUT2D eigenvalue weighted by Crippen LogP contribution is 2.50. The molecule has 0 bridgehead atoms. The number of fused-ring (bicyclic) bond motifs is 2. The van der Waals surface area contributed by atoms with E-state index in [9.17, 15) is 8.42 Å². The highest BCUT2D eigenvalue weighted by molar-refractivity contribution is 7.92. The Labute approximate surface area is 225 Å². The molecule has 2 heterocycles. The summed E-state index contributed by atoms with van der Waals surface area (Å²) in [7, 11) is -3.67. The minimum atomic E-state index is -3.67. The van der Waals surface area contributed by atoms with Crippen molar-refractivity contribution in [1.82, 2.24) is 10.2 Å². The maximum atomic E-state index is 13.5. The maximum absolute atomic E-state index is 13.5. The summed E-state index contributed by atoms with van der Waals surface area (Å²) in [5.41, 5.74) is 5.46. The molecule has 0 spiro atoms. The summed E-state index contributed by atoms with van der Waals surface area (Å²) in [4.78, 5) is 2.56. The average molecular weight is 528 g/mol. The number of rotatable bonds is 4. The summed E-state index contributed by atoms with van der Waals surface area (Å²) in [5.74, 6) is 0.846. The molecule has 0 radical (unpaired) electrons. The molecule has 6 nitrogen and oxygen atoms in total. The molecule has 39 heavy (non-hydrogen) atoms. The van der Waals surface area contributed by atoms with Gasteiger partial charge in [0, 0.05) is 16.7 Å². The van der Waals surface area contributed by atoms with Crippen LogP contribution in [-0.4, -0.2) is 18.6 Å². The molecule has 0 fully saturated rings. The largest absolute Gasteiger partial charge is 0.416 e. The van der Waals surface area contributed by atoms with Gasteiger partial charge in [-0.15, -0.1) is 10.2 Å². The number of sulfone groups is 1. The van der Waals surface area contributed by atoms with Crippen molar-refractivity contribution in [3.63, 3.8) is 0 Å². The third-order valence-corrected chi connectivity index (χ3v) is 8.68. The molecular formula is C32H21N3O3S. The molecule has 0 atom stereocenters. The van der Waals surface area contributed by atoms with Crippen molar-refractivity contribution < 1.29 is 12.8 Å². The van der Waals surface area contributed by atoms with Gasteiger partial charge in [-0.25, -0.2) is 8.42 Å².